The zero-order chi connectivity index (χ0) is 19.9. The average molecular weight is 410 g/mol. The molecular formula is C16H18N4O5S2. The summed E-state index contributed by atoms with van der Waals surface area (Å²) in [7, 11) is -7.67. The van der Waals surface area contributed by atoms with Crippen molar-refractivity contribution in [1.82, 2.24) is 15.0 Å². The van der Waals surface area contributed by atoms with E-state index in [-0.39, 0.29) is 21.0 Å². The molecule has 0 aliphatic carbocycles. The van der Waals surface area contributed by atoms with Crippen molar-refractivity contribution >= 4 is 36.8 Å². The molecule has 3 aromatic rings. The number of hydrogen-bond acceptors (Lipinski definition) is 7. The Labute approximate surface area is 156 Å². The standard InChI is InChI=1S/C16H18N4O5S2/c1-16(2,3)20-26(21,22)12-9-7-11(8-10-12)19-27(23,24)14-6-4-5-13-15(14)18-25-17-13/h4-10,19-20H,1-3H3. The van der Waals surface area contributed by atoms with Gasteiger partial charge in [-0.3, -0.25) is 4.72 Å². The fourth-order valence-electron chi connectivity index (χ4n) is 2.37. The van der Waals surface area contributed by atoms with Gasteiger partial charge in [0.2, 0.25) is 10.0 Å². The number of fused-ring (bicyclic) bond motifs is 1. The summed E-state index contributed by atoms with van der Waals surface area (Å²) in [6.07, 6.45) is 0. The Morgan fingerprint density at radius 3 is 2.19 bits per heavy atom. The Morgan fingerprint density at radius 1 is 0.889 bits per heavy atom. The molecule has 1 heterocycles. The summed E-state index contributed by atoms with van der Waals surface area (Å²) in [6.45, 7) is 5.19. The van der Waals surface area contributed by atoms with Crippen LogP contribution < -0.4 is 9.44 Å². The maximum Gasteiger partial charge on any atom is 0.264 e. The van der Waals surface area contributed by atoms with Crippen LogP contribution >= 0.6 is 0 Å². The molecule has 0 atom stereocenters. The molecule has 0 aliphatic heterocycles. The minimum Gasteiger partial charge on any atom is -0.280 e. The molecule has 11 heteroatoms. The van der Waals surface area contributed by atoms with Gasteiger partial charge in [-0.15, -0.1) is 0 Å². The van der Waals surface area contributed by atoms with Gasteiger partial charge in [0.15, 0.2) is 5.52 Å². The first-order chi connectivity index (χ1) is 12.5. The molecule has 2 aromatic carbocycles. The second-order valence-corrected chi connectivity index (χ2v) is 10.2. The third-order valence-corrected chi connectivity index (χ3v) is 6.58. The maximum absolute atomic E-state index is 12.6. The van der Waals surface area contributed by atoms with Gasteiger partial charge in [0, 0.05) is 11.2 Å². The van der Waals surface area contributed by atoms with Crippen LogP contribution in [0.25, 0.3) is 11.0 Å². The van der Waals surface area contributed by atoms with Crippen LogP contribution in [0.1, 0.15) is 20.8 Å². The molecule has 27 heavy (non-hydrogen) atoms. The second kappa shape index (κ2) is 6.59. The highest BCUT2D eigenvalue weighted by Crippen LogP contribution is 2.23. The zero-order valence-corrected chi connectivity index (χ0v) is 16.4. The molecule has 9 nitrogen and oxygen atoms in total. The summed E-state index contributed by atoms with van der Waals surface area (Å²) >= 11 is 0. The number of nitrogens with zero attached hydrogens (tertiary/aromatic N) is 2. The molecule has 144 valence electrons. The van der Waals surface area contributed by atoms with Gasteiger partial charge in [-0.1, -0.05) is 6.07 Å². The molecule has 3 rings (SSSR count). The third kappa shape index (κ3) is 4.26. The van der Waals surface area contributed by atoms with Crippen molar-refractivity contribution < 1.29 is 21.5 Å². The quantitative estimate of drug-likeness (QED) is 0.658. The predicted molar refractivity (Wildman–Crippen MR) is 99.1 cm³/mol. The Bertz CT molecular complexity index is 1180. The van der Waals surface area contributed by atoms with Gasteiger partial charge < -0.3 is 0 Å². The molecule has 0 radical (unpaired) electrons. The van der Waals surface area contributed by atoms with Crippen molar-refractivity contribution in [3.8, 4) is 0 Å². The van der Waals surface area contributed by atoms with Crippen LogP contribution in [0.5, 0.6) is 0 Å². The molecule has 0 aliphatic rings. The number of benzene rings is 2. The first-order valence-corrected chi connectivity index (χ1v) is 10.8. The first-order valence-electron chi connectivity index (χ1n) is 7.86. The molecular weight excluding hydrogens is 392 g/mol. The maximum atomic E-state index is 12.6. The van der Waals surface area contributed by atoms with E-state index < -0.39 is 25.6 Å². The molecule has 0 unspecified atom stereocenters. The molecule has 1 aromatic heterocycles. The monoisotopic (exact) mass is 410 g/mol. The SMILES string of the molecule is CC(C)(C)NS(=O)(=O)c1ccc(NS(=O)(=O)c2cccc3nonc23)cc1. The smallest absolute Gasteiger partial charge is 0.264 e. The largest absolute Gasteiger partial charge is 0.280 e. The van der Waals surface area contributed by atoms with Gasteiger partial charge in [0.05, 0.1) is 4.90 Å². The fourth-order valence-corrected chi connectivity index (χ4v) is 5.00. The fraction of sp³-hybridized carbons (Fsp3) is 0.250. The minimum absolute atomic E-state index is 0.0307. The van der Waals surface area contributed by atoms with E-state index in [1.165, 1.54) is 36.4 Å². The van der Waals surface area contributed by atoms with Gasteiger partial charge in [0.1, 0.15) is 10.4 Å². The molecule has 0 fully saturated rings. The Hall–Kier alpha value is -2.50. The number of hydrogen-bond donors (Lipinski definition) is 2. The van der Waals surface area contributed by atoms with Crippen molar-refractivity contribution in [2.45, 2.75) is 36.1 Å². The second-order valence-electron chi connectivity index (χ2n) is 6.87. The van der Waals surface area contributed by atoms with E-state index in [0.717, 1.165) is 0 Å². The average Bonchev–Trinajstić information content (AvgIpc) is 3.01. The highest BCUT2D eigenvalue weighted by molar-refractivity contribution is 7.93. The lowest BCUT2D eigenvalue weighted by atomic mass is 10.1. The summed E-state index contributed by atoms with van der Waals surface area (Å²) < 4.78 is 59.4. The molecule has 0 spiro atoms. The first kappa shape index (κ1) is 19.3. The number of aromatic nitrogens is 2. The van der Waals surface area contributed by atoms with E-state index in [9.17, 15) is 16.8 Å². The Kier molecular flexibility index (Phi) is 4.70. The molecule has 2 N–H and O–H groups in total. The number of anilines is 1. The zero-order valence-electron chi connectivity index (χ0n) is 14.8. The van der Waals surface area contributed by atoms with Crippen molar-refractivity contribution in [1.29, 1.82) is 0 Å². The lowest BCUT2D eigenvalue weighted by Crippen LogP contribution is -2.40. The van der Waals surface area contributed by atoms with Crippen LogP contribution in [-0.2, 0) is 20.0 Å². The van der Waals surface area contributed by atoms with E-state index in [1.807, 2.05) is 0 Å². The van der Waals surface area contributed by atoms with E-state index in [1.54, 1.807) is 26.8 Å². The van der Waals surface area contributed by atoms with Crippen molar-refractivity contribution in [2.24, 2.45) is 0 Å². The summed E-state index contributed by atoms with van der Waals surface area (Å²) in [5, 5.41) is 7.23. The molecule has 0 saturated heterocycles. The number of nitrogens with one attached hydrogen (secondary N) is 2. The summed E-state index contributed by atoms with van der Waals surface area (Å²) in [5.74, 6) is 0. The third-order valence-electron chi connectivity index (χ3n) is 3.40. The highest BCUT2D eigenvalue weighted by atomic mass is 32.2. The topological polar surface area (TPSA) is 131 Å². The Balaban J connectivity index is 1.87. The lowest BCUT2D eigenvalue weighted by molar-refractivity contribution is 0.315. The summed E-state index contributed by atoms with van der Waals surface area (Å²) in [6, 6.07) is 9.86. The molecule has 0 bridgehead atoms. The Morgan fingerprint density at radius 2 is 1.56 bits per heavy atom. The van der Waals surface area contributed by atoms with Crippen molar-refractivity contribution in [3.05, 3.63) is 42.5 Å². The minimum atomic E-state index is -3.96. The number of sulfonamides is 2. The highest BCUT2D eigenvalue weighted by Gasteiger charge is 2.23. The predicted octanol–water partition coefficient (Wildman–Crippen LogP) is 2.10. The molecule has 0 amide bonds. The summed E-state index contributed by atoms with van der Waals surface area (Å²) in [4.78, 5) is -0.0597. The number of rotatable bonds is 5. The molecule has 0 saturated carbocycles. The van der Waals surface area contributed by atoms with Gasteiger partial charge in [-0.05, 0) is 67.5 Å². The van der Waals surface area contributed by atoms with Gasteiger partial charge in [-0.25, -0.2) is 26.2 Å². The van der Waals surface area contributed by atoms with Crippen LogP contribution in [0.2, 0.25) is 0 Å². The van der Waals surface area contributed by atoms with Crippen molar-refractivity contribution in [2.75, 3.05) is 4.72 Å². The summed E-state index contributed by atoms with van der Waals surface area (Å²) in [5.41, 5.74) is -0.00652. The van der Waals surface area contributed by atoms with E-state index in [4.69, 9.17) is 0 Å². The lowest BCUT2D eigenvalue weighted by Gasteiger charge is -2.20. The van der Waals surface area contributed by atoms with Crippen molar-refractivity contribution in [3.63, 3.8) is 0 Å². The van der Waals surface area contributed by atoms with Crippen LogP contribution in [0.15, 0.2) is 56.9 Å². The van der Waals surface area contributed by atoms with Crippen LogP contribution in [0.3, 0.4) is 0 Å². The van der Waals surface area contributed by atoms with Gasteiger partial charge >= 0.3 is 0 Å². The normalized spacial score (nSPS) is 13.0. The van der Waals surface area contributed by atoms with Gasteiger partial charge in [0.25, 0.3) is 10.0 Å². The van der Waals surface area contributed by atoms with Crippen LogP contribution in [0.4, 0.5) is 5.69 Å². The van der Waals surface area contributed by atoms with E-state index >= 15 is 0 Å². The van der Waals surface area contributed by atoms with E-state index in [0.29, 0.717) is 5.52 Å². The van der Waals surface area contributed by atoms with E-state index in [2.05, 4.69) is 24.4 Å². The van der Waals surface area contributed by atoms with Gasteiger partial charge in [-0.2, -0.15) is 0 Å². The van der Waals surface area contributed by atoms with Crippen LogP contribution in [0, 0.1) is 0 Å². The van der Waals surface area contributed by atoms with Crippen LogP contribution in [-0.4, -0.2) is 32.7 Å².